The van der Waals surface area contributed by atoms with Crippen LogP contribution < -0.4 is 5.32 Å². The van der Waals surface area contributed by atoms with Crippen LogP contribution in [-0.4, -0.2) is 71.7 Å². The molecule has 1 N–H and O–H groups in total. The van der Waals surface area contributed by atoms with E-state index in [1.165, 1.54) is 45.7 Å². The van der Waals surface area contributed by atoms with Gasteiger partial charge in [0.2, 0.25) is 21.1 Å². The van der Waals surface area contributed by atoms with Crippen LogP contribution in [0.1, 0.15) is 18.4 Å². The molecule has 2 fully saturated rings. The lowest BCUT2D eigenvalue weighted by molar-refractivity contribution is -0.129. The number of anilines is 1. The zero-order valence-electron chi connectivity index (χ0n) is 16.3. The monoisotopic (exact) mass is 465 g/mol. The van der Waals surface area contributed by atoms with Crippen LogP contribution in [0.15, 0.2) is 40.1 Å². The van der Waals surface area contributed by atoms with Gasteiger partial charge in [-0.05, 0) is 24.5 Å². The number of carbonyl (C=O) groups is 1. The number of aromatic nitrogens is 2. The van der Waals surface area contributed by atoms with Gasteiger partial charge >= 0.3 is 0 Å². The van der Waals surface area contributed by atoms with Gasteiger partial charge in [0.15, 0.2) is 4.34 Å². The fourth-order valence-electron chi connectivity index (χ4n) is 2.95. The first-order valence-corrected chi connectivity index (χ1v) is 13.0. The highest BCUT2D eigenvalue weighted by molar-refractivity contribution is 8.01. The van der Waals surface area contributed by atoms with Crippen LogP contribution in [0.25, 0.3) is 6.08 Å². The van der Waals surface area contributed by atoms with Crippen molar-refractivity contribution in [3.63, 3.8) is 0 Å². The summed E-state index contributed by atoms with van der Waals surface area (Å²) in [6.45, 7) is 1.38. The lowest BCUT2D eigenvalue weighted by Crippen LogP contribution is -2.50. The summed E-state index contributed by atoms with van der Waals surface area (Å²) in [6, 6.07) is 9.83. The Morgan fingerprint density at radius 3 is 2.60 bits per heavy atom. The number of rotatable bonds is 8. The van der Waals surface area contributed by atoms with Gasteiger partial charge in [-0.3, -0.25) is 4.79 Å². The molecule has 0 radical (unpaired) electrons. The van der Waals surface area contributed by atoms with Gasteiger partial charge in [0.05, 0.1) is 5.75 Å². The zero-order valence-corrected chi connectivity index (χ0v) is 18.8. The molecule has 4 rings (SSSR count). The number of hydrogen-bond acceptors (Lipinski definition) is 8. The fourth-order valence-corrected chi connectivity index (χ4v) is 5.86. The van der Waals surface area contributed by atoms with Crippen LogP contribution in [0, 0.1) is 0 Å². The molecule has 30 heavy (non-hydrogen) atoms. The summed E-state index contributed by atoms with van der Waals surface area (Å²) in [5.41, 5.74) is 0.832. The van der Waals surface area contributed by atoms with E-state index >= 15 is 0 Å². The van der Waals surface area contributed by atoms with Gasteiger partial charge in [-0.15, -0.1) is 10.2 Å². The minimum Gasteiger partial charge on any atom is -0.357 e. The second-order valence-corrected chi connectivity index (χ2v) is 11.1. The summed E-state index contributed by atoms with van der Waals surface area (Å²) in [5, 5.41) is 13.5. The maximum absolute atomic E-state index is 12.5. The smallest absolute Gasteiger partial charge is 0.236 e. The third-order valence-electron chi connectivity index (χ3n) is 4.81. The second-order valence-electron chi connectivity index (χ2n) is 7.12. The second kappa shape index (κ2) is 9.46. The highest BCUT2D eigenvalue weighted by Gasteiger charge is 2.27. The molecule has 2 aliphatic rings. The summed E-state index contributed by atoms with van der Waals surface area (Å²) in [4.78, 5) is 14.2. The van der Waals surface area contributed by atoms with E-state index < -0.39 is 10.0 Å². The number of hydrogen-bond donors (Lipinski definition) is 1. The van der Waals surface area contributed by atoms with Gasteiger partial charge in [0, 0.05) is 37.6 Å². The predicted octanol–water partition coefficient (Wildman–Crippen LogP) is 2.35. The van der Waals surface area contributed by atoms with Crippen molar-refractivity contribution in [2.45, 2.75) is 23.2 Å². The zero-order chi connectivity index (χ0) is 21.0. The summed E-state index contributed by atoms with van der Waals surface area (Å²) >= 11 is 2.83. The first-order chi connectivity index (χ1) is 14.5. The number of piperazine rings is 1. The van der Waals surface area contributed by atoms with Crippen molar-refractivity contribution in [3.05, 3.63) is 41.3 Å². The highest BCUT2D eigenvalue weighted by atomic mass is 32.2. The lowest BCUT2D eigenvalue weighted by Gasteiger charge is -2.33. The van der Waals surface area contributed by atoms with Gasteiger partial charge in [0.25, 0.3) is 0 Å². The summed E-state index contributed by atoms with van der Waals surface area (Å²) < 4.78 is 27.3. The van der Waals surface area contributed by atoms with Crippen molar-refractivity contribution in [3.8, 4) is 0 Å². The van der Waals surface area contributed by atoms with E-state index in [9.17, 15) is 13.2 Å². The molecule has 1 aromatic heterocycles. The number of nitrogens with zero attached hydrogens (tertiary/aromatic N) is 4. The Morgan fingerprint density at radius 2 is 1.90 bits per heavy atom. The molecule has 1 aliphatic carbocycles. The molecule has 8 nitrogen and oxygen atoms in total. The molecule has 0 spiro atoms. The van der Waals surface area contributed by atoms with Gasteiger partial charge in [-0.2, -0.15) is 4.31 Å². The van der Waals surface area contributed by atoms with Crippen LogP contribution in [0.2, 0.25) is 0 Å². The minimum atomic E-state index is -3.50. The summed E-state index contributed by atoms with van der Waals surface area (Å²) in [7, 11) is -3.50. The first-order valence-electron chi connectivity index (χ1n) is 9.73. The average molecular weight is 466 g/mol. The number of sulfonamides is 1. The van der Waals surface area contributed by atoms with Crippen LogP contribution in [-0.2, 0) is 14.8 Å². The summed E-state index contributed by atoms with van der Waals surface area (Å²) in [5.74, 6) is 0.266. The minimum absolute atomic E-state index is 0.0104. The molecule has 2 heterocycles. The first kappa shape index (κ1) is 21.3. The molecule has 0 bridgehead atoms. The molecule has 0 unspecified atom stereocenters. The quantitative estimate of drug-likeness (QED) is 0.598. The average Bonchev–Trinajstić information content (AvgIpc) is 3.47. The van der Waals surface area contributed by atoms with Crippen molar-refractivity contribution < 1.29 is 13.2 Å². The summed E-state index contributed by atoms with van der Waals surface area (Å²) in [6.07, 6.45) is 3.94. The molecule has 1 saturated carbocycles. The number of carbonyl (C=O) groups excluding carboxylic acids is 1. The predicted molar refractivity (Wildman–Crippen MR) is 120 cm³/mol. The van der Waals surface area contributed by atoms with Crippen molar-refractivity contribution in [2.24, 2.45) is 0 Å². The highest BCUT2D eigenvalue weighted by Crippen LogP contribution is 2.30. The Balaban J connectivity index is 1.23. The van der Waals surface area contributed by atoms with E-state index in [0.29, 0.717) is 32.2 Å². The maximum Gasteiger partial charge on any atom is 0.236 e. The normalized spacial score (nSPS) is 18.1. The van der Waals surface area contributed by atoms with E-state index in [0.717, 1.165) is 15.0 Å². The van der Waals surface area contributed by atoms with E-state index in [1.807, 2.05) is 30.3 Å². The van der Waals surface area contributed by atoms with Crippen LogP contribution in [0.5, 0.6) is 0 Å². The topological polar surface area (TPSA) is 95.5 Å². The van der Waals surface area contributed by atoms with E-state index in [4.69, 9.17) is 0 Å². The van der Waals surface area contributed by atoms with E-state index in [-0.39, 0.29) is 11.7 Å². The van der Waals surface area contributed by atoms with Crippen molar-refractivity contribution in [2.75, 3.05) is 37.2 Å². The Kier molecular flexibility index (Phi) is 6.71. The molecule has 2 aromatic rings. The van der Waals surface area contributed by atoms with Crippen molar-refractivity contribution in [1.82, 2.24) is 19.4 Å². The lowest BCUT2D eigenvalue weighted by atomic mass is 10.2. The van der Waals surface area contributed by atoms with Crippen molar-refractivity contribution in [1.29, 1.82) is 0 Å². The van der Waals surface area contributed by atoms with Gasteiger partial charge in [0.1, 0.15) is 0 Å². The molecular weight excluding hydrogens is 442 g/mol. The Morgan fingerprint density at radius 1 is 1.17 bits per heavy atom. The SMILES string of the molecule is O=C(CSc1nnc(NC2CC2)s1)N1CCN(S(=O)(=O)/C=C/c2ccccc2)CC1. The van der Waals surface area contributed by atoms with E-state index in [1.54, 1.807) is 11.0 Å². The number of nitrogens with one attached hydrogen (secondary N) is 1. The fraction of sp³-hybridized carbons (Fsp3) is 0.421. The van der Waals surface area contributed by atoms with Crippen molar-refractivity contribution >= 4 is 50.2 Å². The van der Waals surface area contributed by atoms with Gasteiger partial charge < -0.3 is 10.2 Å². The molecule has 1 saturated heterocycles. The molecule has 11 heteroatoms. The Labute approximate surface area is 184 Å². The molecule has 1 aliphatic heterocycles. The van der Waals surface area contributed by atoms with Crippen LogP contribution >= 0.6 is 23.1 Å². The maximum atomic E-state index is 12.5. The van der Waals surface area contributed by atoms with Crippen LogP contribution in [0.3, 0.4) is 0 Å². The Hall–Kier alpha value is -1.95. The Bertz CT molecular complexity index is 997. The molecule has 1 amide bonds. The standard InChI is InChI=1S/C19H23N5O3S3/c25-17(14-28-19-22-21-18(29-19)20-16-6-7-16)23-9-11-24(12-10-23)30(26,27)13-8-15-4-2-1-3-5-15/h1-5,8,13,16H,6-7,9-12,14H2,(H,20,21)/b13-8+. The van der Waals surface area contributed by atoms with E-state index in [2.05, 4.69) is 15.5 Å². The number of amides is 1. The molecule has 1 aromatic carbocycles. The molecule has 0 atom stereocenters. The van der Waals surface area contributed by atoms with Gasteiger partial charge in [-0.25, -0.2) is 8.42 Å². The third-order valence-corrected chi connectivity index (χ3v) is 8.35. The van der Waals surface area contributed by atoms with Gasteiger partial charge in [-0.1, -0.05) is 53.4 Å². The number of benzene rings is 1. The third kappa shape index (κ3) is 5.81. The van der Waals surface area contributed by atoms with Crippen LogP contribution in [0.4, 0.5) is 5.13 Å². The largest absolute Gasteiger partial charge is 0.357 e. The molecule has 160 valence electrons. The molecular formula is C19H23N5O3S3. The number of thioether (sulfide) groups is 1.